The molecule has 1 aromatic carbocycles. The van der Waals surface area contributed by atoms with Gasteiger partial charge in [-0.3, -0.25) is 9.69 Å². The number of benzene rings is 1. The Bertz CT molecular complexity index is 562. The molecule has 94 valence electrons. The highest BCUT2D eigenvalue weighted by Gasteiger charge is 2.58. The number of anilines is 1. The average molecular weight is 263 g/mol. The van der Waals surface area contributed by atoms with Crippen molar-refractivity contribution < 1.29 is 9.90 Å². The smallest absolute Gasteiger partial charge is 0.225 e. The first-order valence-corrected chi connectivity index (χ1v) is 6.04. The monoisotopic (exact) mass is 263 g/mol. The highest BCUT2D eigenvalue weighted by atomic mass is 32.1. The van der Waals surface area contributed by atoms with Crippen LogP contribution in [0.4, 0.5) is 5.69 Å². The van der Waals surface area contributed by atoms with Crippen LogP contribution < -0.4 is 10.2 Å². The molecule has 0 bridgehead atoms. The summed E-state index contributed by atoms with van der Waals surface area (Å²) in [5.41, 5.74) is 0.0740. The molecule has 3 rings (SSSR count). The summed E-state index contributed by atoms with van der Waals surface area (Å²) in [6.07, 6.45) is -0.528. The van der Waals surface area contributed by atoms with E-state index in [1.165, 1.54) is 6.92 Å². The third-order valence-electron chi connectivity index (χ3n) is 3.52. The van der Waals surface area contributed by atoms with Crippen LogP contribution in [0.2, 0.25) is 0 Å². The highest BCUT2D eigenvalue weighted by molar-refractivity contribution is 7.80. The van der Waals surface area contributed by atoms with Crippen molar-refractivity contribution in [1.82, 2.24) is 10.2 Å². The van der Waals surface area contributed by atoms with Crippen molar-refractivity contribution >= 4 is 28.9 Å². The summed E-state index contributed by atoms with van der Waals surface area (Å²) in [6.45, 7) is 1.48. The van der Waals surface area contributed by atoms with Gasteiger partial charge in [0, 0.05) is 19.5 Å². The first-order valence-electron chi connectivity index (χ1n) is 5.63. The summed E-state index contributed by atoms with van der Waals surface area (Å²) in [5, 5.41) is 14.1. The molecule has 1 saturated heterocycles. The van der Waals surface area contributed by atoms with Gasteiger partial charge in [0.15, 0.2) is 11.3 Å². The lowest BCUT2D eigenvalue weighted by atomic mass is 10.0. The van der Waals surface area contributed by atoms with E-state index < -0.39 is 11.9 Å². The molecular formula is C12H13N3O2S. The lowest BCUT2D eigenvalue weighted by Gasteiger charge is -2.30. The van der Waals surface area contributed by atoms with E-state index in [1.54, 1.807) is 22.9 Å². The summed E-state index contributed by atoms with van der Waals surface area (Å²) < 4.78 is 0. The first kappa shape index (κ1) is 11.4. The molecule has 1 fully saturated rings. The topological polar surface area (TPSA) is 55.8 Å². The Labute approximate surface area is 110 Å². The van der Waals surface area contributed by atoms with Gasteiger partial charge in [-0.15, -0.1) is 0 Å². The number of nitrogens with one attached hydrogen (secondary N) is 1. The number of carbonyl (C=O) groups excluding carboxylic acids is 1. The average Bonchev–Trinajstić information content (AvgIpc) is 2.70. The van der Waals surface area contributed by atoms with Crippen LogP contribution in [0, 0.1) is 0 Å². The minimum absolute atomic E-state index is 0.123. The second kappa shape index (κ2) is 3.43. The van der Waals surface area contributed by atoms with Gasteiger partial charge in [-0.05, 0) is 18.3 Å². The van der Waals surface area contributed by atoms with Crippen LogP contribution >= 0.6 is 12.2 Å². The molecule has 0 saturated carbocycles. The third-order valence-corrected chi connectivity index (χ3v) is 3.91. The fourth-order valence-corrected chi connectivity index (χ4v) is 3.01. The van der Waals surface area contributed by atoms with E-state index >= 15 is 0 Å². The SMILES string of the molecule is CC(=O)N1c2ccccc2[C@]2(O)NC(=S)N(C)[C@@H]12. The summed E-state index contributed by atoms with van der Waals surface area (Å²) >= 11 is 5.15. The fraction of sp³-hybridized carbons (Fsp3) is 0.333. The molecule has 0 aliphatic carbocycles. The lowest BCUT2D eigenvalue weighted by Crippen LogP contribution is -2.52. The van der Waals surface area contributed by atoms with E-state index in [0.717, 1.165) is 5.69 Å². The molecule has 0 aromatic heterocycles. The molecule has 2 atom stereocenters. The number of hydrogen-bond acceptors (Lipinski definition) is 3. The Balaban J connectivity index is 2.24. The zero-order chi connectivity index (χ0) is 13.1. The molecule has 2 aliphatic heterocycles. The number of amides is 1. The number of thiocarbonyl (C=S) groups is 1. The number of aliphatic hydroxyl groups is 1. The van der Waals surface area contributed by atoms with Gasteiger partial charge >= 0.3 is 0 Å². The van der Waals surface area contributed by atoms with Gasteiger partial charge in [-0.25, -0.2) is 0 Å². The Morgan fingerprint density at radius 2 is 2.17 bits per heavy atom. The molecule has 6 heteroatoms. The summed E-state index contributed by atoms with van der Waals surface area (Å²) in [5.74, 6) is -0.123. The number of fused-ring (bicyclic) bond motifs is 3. The van der Waals surface area contributed by atoms with E-state index in [1.807, 2.05) is 18.2 Å². The molecule has 18 heavy (non-hydrogen) atoms. The number of hydrogen-bond donors (Lipinski definition) is 2. The second-order valence-electron chi connectivity index (χ2n) is 4.59. The molecule has 0 unspecified atom stereocenters. The predicted octanol–water partition coefficient (Wildman–Crippen LogP) is 0.344. The lowest BCUT2D eigenvalue weighted by molar-refractivity contribution is -0.119. The Kier molecular flexibility index (Phi) is 2.18. The second-order valence-corrected chi connectivity index (χ2v) is 4.97. The Morgan fingerprint density at radius 1 is 1.50 bits per heavy atom. The minimum Gasteiger partial charge on any atom is -0.364 e. The van der Waals surface area contributed by atoms with Crippen LogP contribution in [0.15, 0.2) is 24.3 Å². The summed E-state index contributed by atoms with van der Waals surface area (Å²) in [7, 11) is 1.76. The molecule has 2 N–H and O–H groups in total. The van der Waals surface area contributed by atoms with E-state index in [-0.39, 0.29) is 5.91 Å². The standard InChI is InChI=1S/C12H13N3O2S/c1-7(16)15-9-6-4-3-5-8(9)12(17)10(15)14(2)11(18)13-12/h3-6,10,17H,1-2H3,(H,13,18)/t10-,12+/m0/s1. The molecule has 1 amide bonds. The van der Waals surface area contributed by atoms with Gasteiger partial charge in [0.2, 0.25) is 11.6 Å². The fourth-order valence-electron chi connectivity index (χ4n) is 2.75. The van der Waals surface area contributed by atoms with Crippen molar-refractivity contribution in [2.75, 3.05) is 11.9 Å². The van der Waals surface area contributed by atoms with Crippen LogP contribution in [-0.4, -0.2) is 34.2 Å². The van der Waals surface area contributed by atoms with Crippen molar-refractivity contribution in [3.63, 3.8) is 0 Å². The third kappa shape index (κ3) is 1.19. The quantitative estimate of drug-likeness (QED) is 0.661. The minimum atomic E-state index is -1.33. The summed E-state index contributed by atoms with van der Waals surface area (Å²) in [6, 6.07) is 7.31. The van der Waals surface area contributed by atoms with Crippen molar-refractivity contribution in [2.45, 2.75) is 18.8 Å². The van der Waals surface area contributed by atoms with Gasteiger partial charge in [-0.2, -0.15) is 0 Å². The maximum atomic E-state index is 11.9. The molecule has 1 aromatic rings. The van der Waals surface area contributed by atoms with E-state index in [2.05, 4.69) is 5.32 Å². The zero-order valence-corrected chi connectivity index (χ0v) is 10.9. The van der Waals surface area contributed by atoms with Crippen molar-refractivity contribution in [3.8, 4) is 0 Å². The zero-order valence-electron chi connectivity index (χ0n) is 10.0. The maximum Gasteiger partial charge on any atom is 0.225 e. The van der Waals surface area contributed by atoms with E-state index in [0.29, 0.717) is 10.7 Å². The number of nitrogens with zero attached hydrogens (tertiary/aromatic N) is 2. The van der Waals surface area contributed by atoms with Gasteiger partial charge in [-0.1, -0.05) is 18.2 Å². The van der Waals surface area contributed by atoms with Crippen LogP contribution in [0.1, 0.15) is 12.5 Å². The summed E-state index contributed by atoms with van der Waals surface area (Å²) in [4.78, 5) is 15.1. The number of likely N-dealkylation sites (N-methyl/N-ethyl adjacent to an activating group) is 1. The van der Waals surface area contributed by atoms with Crippen LogP contribution in [-0.2, 0) is 10.5 Å². The number of para-hydroxylation sites is 1. The molecular weight excluding hydrogens is 250 g/mol. The van der Waals surface area contributed by atoms with Crippen LogP contribution in [0.5, 0.6) is 0 Å². The normalized spacial score (nSPS) is 29.1. The van der Waals surface area contributed by atoms with Gasteiger partial charge in [0.05, 0.1) is 5.69 Å². The van der Waals surface area contributed by atoms with Crippen molar-refractivity contribution in [3.05, 3.63) is 29.8 Å². The van der Waals surface area contributed by atoms with Gasteiger partial charge < -0.3 is 15.3 Å². The van der Waals surface area contributed by atoms with Crippen molar-refractivity contribution in [2.24, 2.45) is 0 Å². The molecule has 0 radical (unpaired) electrons. The van der Waals surface area contributed by atoms with Crippen LogP contribution in [0.25, 0.3) is 0 Å². The van der Waals surface area contributed by atoms with E-state index in [9.17, 15) is 9.90 Å². The van der Waals surface area contributed by atoms with Crippen LogP contribution in [0.3, 0.4) is 0 Å². The predicted molar refractivity (Wildman–Crippen MR) is 70.8 cm³/mol. The van der Waals surface area contributed by atoms with Crippen molar-refractivity contribution in [1.29, 1.82) is 0 Å². The molecule has 2 aliphatic rings. The van der Waals surface area contributed by atoms with E-state index in [4.69, 9.17) is 12.2 Å². The molecule has 2 heterocycles. The first-order chi connectivity index (χ1) is 8.47. The molecule has 5 nitrogen and oxygen atoms in total. The Morgan fingerprint density at radius 3 is 2.83 bits per heavy atom. The number of carbonyl (C=O) groups is 1. The Hall–Kier alpha value is -1.66. The largest absolute Gasteiger partial charge is 0.364 e. The van der Waals surface area contributed by atoms with Gasteiger partial charge in [0.25, 0.3) is 0 Å². The highest BCUT2D eigenvalue weighted by Crippen LogP contribution is 2.45. The van der Waals surface area contributed by atoms with Gasteiger partial charge in [0.1, 0.15) is 0 Å². The number of rotatable bonds is 0. The maximum absolute atomic E-state index is 11.9. The molecule has 0 spiro atoms.